The Balaban J connectivity index is 1.53. The van der Waals surface area contributed by atoms with Crippen molar-refractivity contribution in [1.82, 2.24) is 4.98 Å². The zero-order valence-corrected chi connectivity index (χ0v) is 12.7. The van der Waals surface area contributed by atoms with Crippen LogP contribution in [0.4, 0.5) is 10.5 Å². The van der Waals surface area contributed by atoms with E-state index in [1.54, 1.807) is 17.2 Å². The number of fused-ring (bicyclic) bond motifs is 4. The smallest absolute Gasteiger partial charge is 0.415 e. The van der Waals surface area contributed by atoms with Crippen LogP contribution in [0.3, 0.4) is 0 Å². The molecule has 1 saturated carbocycles. The predicted molar refractivity (Wildman–Crippen MR) is 84.6 cm³/mol. The molecule has 24 heavy (non-hydrogen) atoms. The topological polar surface area (TPSA) is 75.5 Å². The summed E-state index contributed by atoms with van der Waals surface area (Å²) in [7, 11) is 0. The number of amides is 1. The number of rotatable bonds is 1. The molecule has 2 fully saturated rings. The van der Waals surface area contributed by atoms with Crippen molar-refractivity contribution in [2.24, 2.45) is 0 Å². The Morgan fingerprint density at radius 2 is 2.08 bits per heavy atom. The van der Waals surface area contributed by atoms with E-state index in [-0.39, 0.29) is 17.7 Å². The molecule has 3 aliphatic rings. The molecular weight excluding hydrogens is 306 g/mol. The van der Waals surface area contributed by atoms with E-state index in [1.807, 2.05) is 30.3 Å². The van der Waals surface area contributed by atoms with E-state index in [0.29, 0.717) is 18.1 Å². The molecule has 6 nitrogen and oxygen atoms in total. The van der Waals surface area contributed by atoms with Crippen molar-refractivity contribution in [3.8, 4) is 22.9 Å². The number of pyridine rings is 1. The minimum absolute atomic E-state index is 0.0278. The molecule has 1 spiro atoms. The van der Waals surface area contributed by atoms with Gasteiger partial charge in [0.1, 0.15) is 35.8 Å². The molecule has 0 bridgehead atoms. The number of carbonyl (C=O) groups is 1. The van der Waals surface area contributed by atoms with Gasteiger partial charge in [0, 0.05) is 11.8 Å². The molecule has 5 rings (SSSR count). The molecule has 1 atom stereocenters. The van der Waals surface area contributed by atoms with Gasteiger partial charge < -0.3 is 9.47 Å². The number of nitriles is 1. The van der Waals surface area contributed by atoms with Crippen molar-refractivity contribution in [3.63, 3.8) is 0 Å². The van der Waals surface area contributed by atoms with Crippen molar-refractivity contribution in [1.29, 1.82) is 5.26 Å². The summed E-state index contributed by atoms with van der Waals surface area (Å²) in [4.78, 5) is 18.1. The number of nitrogens with zero attached hydrogens (tertiary/aromatic N) is 3. The summed E-state index contributed by atoms with van der Waals surface area (Å²) >= 11 is 0. The van der Waals surface area contributed by atoms with Gasteiger partial charge in [-0.25, -0.2) is 9.78 Å². The Kier molecular flexibility index (Phi) is 2.50. The Bertz CT molecular complexity index is 897. The van der Waals surface area contributed by atoms with E-state index in [2.05, 4.69) is 4.98 Å². The van der Waals surface area contributed by atoms with Crippen molar-refractivity contribution >= 4 is 11.8 Å². The van der Waals surface area contributed by atoms with E-state index in [4.69, 9.17) is 14.7 Å². The molecule has 1 aromatic carbocycles. The number of hydrogen-bond acceptors (Lipinski definition) is 5. The minimum Gasteiger partial charge on any atom is -0.489 e. The lowest BCUT2D eigenvalue weighted by atomic mass is 10.0. The van der Waals surface area contributed by atoms with Gasteiger partial charge in [0.25, 0.3) is 0 Å². The fourth-order valence-corrected chi connectivity index (χ4v) is 3.51. The van der Waals surface area contributed by atoms with Crippen molar-refractivity contribution < 1.29 is 14.3 Å². The maximum absolute atomic E-state index is 12.3. The van der Waals surface area contributed by atoms with Crippen LogP contribution in [0.1, 0.15) is 18.5 Å². The molecule has 118 valence electrons. The summed E-state index contributed by atoms with van der Waals surface area (Å²) in [6, 6.07) is 11.2. The van der Waals surface area contributed by atoms with Gasteiger partial charge in [-0.3, -0.25) is 4.90 Å². The molecule has 0 unspecified atom stereocenters. The van der Waals surface area contributed by atoms with Crippen molar-refractivity contribution in [2.75, 3.05) is 11.5 Å². The van der Waals surface area contributed by atoms with E-state index in [0.717, 1.165) is 29.7 Å². The van der Waals surface area contributed by atoms with Crippen LogP contribution in [0.15, 0.2) is 36.5 Å². The van der Waals surface area contributed by atoms with Crippen LogP contribution in [0.25, 0.3) is 11.1 Å². The fourth-order valence-electron chi connectivity index (χ4n) is 3.51. The average Bonchev–Trinajstić information content (AvgIpc) is 3.34. The van der Waals surface area contributed by atoms with Gasteiger partial charge in [-0.05, 0) is 42.7 Å². The van der Waals surface area contributed by atoms with Crippen LogP contribution in [-0.2, 0) is 4.74 Å². The highest BCUT2D eigenvalue weighted by molar-refractivity contribution is 5.95. The van der Waals surface area contributed by atoms with E-state index in [1.165, 1.54) is 0 Å². The summed E-state index contributed by atoms with van der Waals surface area (Å²) in [6.45, 7) is 0.452. The first-order chi connectivity index (χ1) is 11.7. The summed E-state index contributed by atoms with van der Waals surface area (Å²) in [5.41, 5.74) is 2.63. The molecule has 0 N–H and O–H groups in total. The van der Waals surface area contributed by atoms with Gasteiger partial charge in [-0.15, -0.1) is 0 Å². The van der Waals surface area contributed by atoms with Gasteiger partial charge in [0.2, 0.25) is 0 Å². The van der Waals surface area contributed by atoms with Crippen LogP contribution < -0.4 is 9.64 Å². The van der Waals surface area contributed by atoms with Gasteiger partial charge in [-0.1, -0.05) is 6.07 Å². The van der Waals surface area contributed by atoms with Crippen LogP contribution >= 0.6 is 0 Å². The first kappa shape index (κ1) is 13.4. The van der Waals surface area contributed by atoms with E-state index in [9.17, 15) is 4.79 Å². The third-order valence-corrected chi connectivity index (χ3v) is 4.98. The summed E-state index contributed by atoms with van der Waals surface area (Å²) in [5.74, 6) is 0.669. The highest BCUT2D eigenvalue weighted by Gasteiger charge is 2.64. The Hall–Kier alpha value is -3.07. The lowest BCUT2D eigenvalue weighted by molar-refractivity contribution is 0.105. The zero-order chi connectivity index (χ0) is 16.3. The summed E-state index contributed by atoms with van der Waals surface area (Å²) in [6.07, 6.45) is 3.20. The lowest BCUT2D eigenvalue weighted by Gasteiger charge is -2.31. The van der Waals surface area contributed by atoms with Crippen LogP contribution in [0.5, 0.6) is 5.75 Å². The summed E-state index contributed by atoms with van der Waals surface area (Å²) in [5, 5.41) is 8.83. The number of ether oxygens (including phenoxy) is 2. The van der Waals surface area contributed by atoms with Gasteiger partial charge in [0.15, 0.2) is 0 Å². The molecule has 1 amide bonds. The van der Waals surface area contributed by atoms with Crippen molar-refractivity contribution in [3.05, 3.63) is 42.2 Å². The predicted octanol–water partition coefficient (Wildman–Crippen LogP) is 2.87. The number of hydrogen-bond donors (Lipinski definition) is 0. The number of aromatic nitrogens is 1. The quantitative estimate of drug-likeness (QED) is 0.808. The van der Waals surface area contributed by atoms with Crippen molar-refractivity contribution in [2.45, 2.75) is 24.5 Å². The third-order valence-electron chi connectivity index (χ3n) is 4.98. The number of benzene rings is 1. The normalized spacial score (nSPS) is 22.2. The first-order valence-electron chi connectivity index (χ1n) is 7.86. The molecule has 1 aliphatic carbocycles. The van der Waals surface area contributed by atoms with E-state index >= 15 is 0 Å². The lowest BCUT2D eigenvalue weighted by Crippen LogP contribution is -2.45. The molecule has 2 aromatic rings. The second kappa shape index (κ2) is 4.48. The highest BCUT2D eigenvalue weighted by Crippen LogP contribution is 2.53. The first-order valence-corrected chi connectivity index (χ1v) is 7.86. The molecular formula is C18H13N3O3. The molecule has 1 saturated heterocycles. The zero-order valence-electron chi connectivity index (χ0n) is 12.7. The second-order valence-electron chi connectivity index (χ2n) is 6.36. The standard InChI is InChI=1S/C18H13N3O3/c19-8-13-3-1-12(9-20-13)11-2-4-14-15(7-11)23-10-16-18(5-6-18)24-17(22)21(14)16/h1-4,7,9,16H,5-6,10H2/t16-/m0/s1. The maximum Gasteiger partial charge on any atom is 0.415 e. The number of anilines is 1. The molecule has 1 aromatic heterocycles. The Morgan fingerprint density at radius 1 is 1.25 bits per heavy atom. The van der Waals surface area contributed by atoms with Crippen LogP contribution in [-0.4, -0.2) is 29.3 Å². The van der Waals surface area contributed by atoms with Gasteiger partial charge >= 0.3 is 6.09 Å². The van der Waals surface area contributed by atoms with Gasteiger partial charge in [-0.2, -0.15) is 5.26 Å². The summed E-state index contributed by atoms with van der Waals surface area (Å²) < 4.78 is 11.5. The van der Waals surface area contributed by atoms with Crippen LogP contribution in [0.2, 0.25) is 0 Å². The third kappa shape index (κ3) is 1.75. The SMILES string of the molecule is N#Cc1ccc(-c2ccc3c(c2)OC[C@@H]2N3C(=O)OC23CC3)cn1. The second-order valence-corrected chi connectivity index (χ2v) is 6.36. The van der Waals surface area contributed by atoms with Crippen LogP contribution in [0, 0.1) is 11.3 Å². The largest absolute Gasteiger partial charge is 0.489 e. The van der Waals surface area contributed by atoms with E-state index < -0.39 is 0 Å². The number of carbonyl (C=O) groups excluding carboxylic acids is 1. The molecule has 6 heteroatoms. The Morgan fingerprint density at radius 3 is 2.79 bits per heavy atom. The molecule has 0 radical (unpaired) electrons. The monoisotopic (exact) mass is 319 g/mol. The average molecular weight is 319 g/mol. The molecule has 2 aliphatic heterocycles. The molecule has 3 heterocycles. The Labute approximate surface area is 138 Å². The minimum atomic E-state index is -0.329. The highest BCUT2D eigenvalue weighted by atomic mass is 16.6. The van der Waals surface area contributed by atoms with Gasteiger partial charge in [0.05, 0.1) is 5.69 Å². The maximum atomic E-state index is 12.3. The fraction of sp³-hybridized carbons (Fsp3) is 0.278.